The molecular weight excluding hydrogens is 162 g/mol. The van der Waals surface area contributed by atoms with E-state index in [-0.39, 0.29) is 0 Å². The van der Waals surface area contributed by atoms with Crippen LogP contribution in [0.25, 0.3) is 0 Å². The number of nitrogens with zero attached hydrogens (tertiary/aromatic N) is 1. The van der Waals surface area contributed by atoms with Crippen LogP contribution >= 0.6 is 0 Å². The molecule has 0 amide bonds. The van der Waals surface area contributed by atoms with Gasteiger partial charge in [-0.15, -0.1) is 0 Å². The van der Waals surface area contributed by atoms with Gasteiger partial charge in [0.2, 0.25) is 0 Å². The quantitative estimate of drug-likeness (QED) is 0.568. The normalized spacial score (nSPS) is 22.5. The van der Waals surface area contributed by atoms with Gasteiger partial charge in [-0.3, -0.25) is 4.90 Å². The molecule has 0 aromatic heterocycles. The Morgan fingerprint density at radius 1 is 1.08 bits per heavy atom. The monoisotopic (exact) mass is 185 g/mol. The zero-order valence-electron chi connectivity index (χ0n) is 9.44. The molecule has 0 bridgehead atoms. The molecule has 1 aliphatic rings. The summed E-state index contributed by atoms with van der Waals surface area (Å²) in [6, 6.07) is 0. The van der Waals surface area contributed by atoms with Gasteiger partial charge in [0.1, 0.15) is 0 Å². The van der Waals surface area contributed by atoms with Crippen LogP contribution in [0.15, 0.2) is 0 Å². The lowest BCUT2D eigenvalue weighted by molar-refractivity contribution is 0.0667. The highest BCUT2D eigenvalue weighted by Crippen LogP contribution is 2.35. The fourth-order valence-electron chi connectivity index (χ4n) is 1.57. The Bertz CT molecular complexity index is 140. The summed E-state index contributed by atoms with van der Waals surface area (Å²) in [6.45, 7) is 17.1. The maximum absolute atomic E-state index is 2.59. The van der Waals surface area contributed by atoms with Crippen molar-refractivity contribution in [2.45, 2.75) is 51.5 Å². The molecule has 0 N–H and O–H groups in total. The van der Waals surface area contributed by atoms with E-state index in [1.807, 2.05) is 0 Å². The van der Waals surface area contributed by atoms with Crippen molar-refractivity contribution in [2.24, 2.45) is 0 Å². The van der Waals surface area contributed by atoms with Gasteiger partial charge in [0.15, 0.2) is 0 Å². The Kier molecular flexibility index (Phi) is 2.43. The maximum atomic E-state index is 2.59. The third-order valence-electron chi connectivity index (χ3n) is 3.05. The van der Waals surface area contributed by atoms with Gasteiger partial charge in [-0.1, -0.05) is 19.6 Å². The molecule has 0 radical (unpaired) electrons. The van der Waals surface area contributed by atoms with E-state index >= 15 is 0 Å². The van der Waals surface area contributed by atoms with Gasteiger partial charge in [-0.2, -0.15) is 0 Å². The van der Waals surface area contributed by atoms with Gasteiger partial charge < -0.3 is 0 Å². The van der Waals surface area contributed by atoms with Gasteiger partial charge in [-0.25, -0.2) is 0 Å². The highest BCUT2D eigenvalue weighted by Gasteiger charge is 2.40. The van der Waals surface area contributed by atoms with Crippen LogP contribution in [0.2, 0.25) is 25.2 Å². The third kappa shape index (κ3) is 2.11. The van der Waals surface area contributed by atoms with Crippen molar-refractivity contribution in [3.05, 3.63) is 0 Å². The summed E-state index contributed by atoms with van der Waals surface area (Å²) in [5.41, 5.74) is 1.44. The van der Waals surface area contributed by atoms with Crippen molar-refractivity contribution in [1.29, 1.82) is 0 Å². The average Bonchev–Trinajstić information content (AvgIpc) is 1.46. The first-order valence-corrected chi connectivity index (χ1v) is 8.54. The highest BCUT2D eigenvalue weighted by molar-refractivity contribution is 6.77. The molecule has 0 atom stereocenters. The summed E-state index contributed by atoms with van der Waals surface area (Å²) >= 11 is 0. The van der Waals surface area contributed by atoms with Crippen LogP contribution in [0.5, 0.6) is 0 Å². The molecule has 2 heteroatoms. The largest absolute Gasteiger partial charge is 0.298 e. The van der Waals surface area contributed by atoms with Crippen LogP contribution < -0.4 is 0 Å². The molecule has 0 saturated carbocycles. The lowest BCUT2D eigenvalue weighted by Crippen LogP contribution is -2.59. The van der Waals surface area contributed by atoms with Gasteiger partial charge in [0, 0.05) is 18.6 Å². The lowest BCUT2D eigenvalue weighted by atomic mass is 10.0. The molecule has 1 fully saturated rings. The molecule has 0 aromatic rings. The zero-order chi connectivity index (χ0) is 9.57. The second kappa shape index (κ2) is 2.84. The molecule has 1 aliphatic heterocycles. The van der Waals surface area contributed by atoms with Crippen LogP contribution in [0.4, 0.5) is 0 Å². The van der Waals surface area contributed by atoms with E-state index in [1.165, 1.54) is 13.1 Å². The molecule has 1 heterocycles. The molecule has 0 spiro atoms. The molecular formula is C10H23NSi. The van der Waals surface area contributed by atoms with Crippen LogP contribution in [-0.4, -0.2) is 31.6 Å². The van der Waals surface area contributed by atoms with E-state index in [4.69, 9.17) is 0 Å². The SMILES string of the molecule is CC(C)(C)N1CC([Si](C)(C)C)C1. The van der Waals surface area contributed by atoms with Gasteiger partial charge >= 0.3 is 0 Å². The summed E-state index contributed by atoms with van der Waals surface area (Å²) in [7, 11) is -0.836. The van der Waals surface area contributed by atoms with Crippen molar-refractivity contribution in [3.8, 4) is 0 Å². The van der Waals surface area contributed by atoms with Gasteiger partial charge in [-0.05, 0) is 26.3 Å². The summed E-state index contributed by atoms with van der Waals surface area (Å²) in [6.07, 6.45) is 0. The predicted molar refractivity (Wildman–Crippen MR) is 58.4 cm³/mol. The van der Waals surface area contributed by atoms with Gasteiger partial charge in [0.05, 0.1) is 8.07 Å². The summed E-state index contributed by atoms with van der Waals surface area (Å²) in [4.78, 5) is 2.59. The Morgan fingerprint density at radius 3 is 1.75 bits per heavy atom. The molecule has 0 aliphatic carbocycles. The number of rotatable bonds is 1. The van der Waals surface area contributed by atoms with E-state index in [2.05, 4.69) is 45.3 Å². The van der Waals surface area contributed by atoms with Crippen LogP contribution in [-0.2, 0) is 0 Å². The van der Waals surface area contributed by atoms with Gasteiger partial charge in [0.25, 0.3) is 0 Å². The topological polar surface area (TPSA) is 3.24 Å². The Labute approximate surface area is 78.2 Å². The first-order valence-electron chi connectivity index (χ1n) is 4.96. The first kappa shape index (κ1) is 10.3. The lowest BCUT2D eigenvalue weighted by Gasteiger charge is -2.51. The van der Waals surface area contributed by atoms with E-state index in [0.29, 0.717) is 5.54 Å². The minimum absolute atomic E-state index is 0.399. The highest BCUT2D eigenvalue weighted by atomic mass is 28.3. The molecule has 0 unspecified atom stereocenters. The summed E-state index contributed by atoms with van der Waals surface area (Å²) in [5, 5.41) is 0. The Morgan fingerprint density at radius 2 is 1.50 bits per heavy atom. The fraction of sp³-hybridized carbons (Fsp3) is 1.00. The van der Waals surface area contributed by atoms with Crippen molar-refractivity contribution in [1.82, 2.24) is 4.90 Å². The average molecular weight is 185 g/mol. The summed E-state index contributed by atoms with van der Waals surface area (Å²) < 4.78 is 0. The molecule has 12 heavy (non-hydrogen) atoms. The molecule has 0 aromatic carbocycles. The molecule has 1 saturated heterocycles. The van der Waals surface area contributed by atoms with E-state index in [1.54, 1.807) is 0 Å². The zero-order valence-corrected chi connectivity index (χ0v) is 10.4. The Hall–Kier alpha value is 0.177. The van der Waals surface area contributed by atoms with E-state index in [0.717, 1.165) is 5.54 Å². The van der Waals surface area contributed by atoms with Crippen molar-refractivity contribution >= 4 is 8.07 Å². The second-order valence-electron chi connectivity index (χ2n) is 6.14. The van der Waals surface area contributed by atoms with E-state index < -0.39 is 8.07 Å². The van der Waals surface area contributed by atoms with Crippen LogP contribution in [0.1, 0.15) is 20.8 Å². The van der Waals surface area contributed by atoms with E-state index in [9.17, 15) is 0 Å². The summed E-state index contributed by atoms with van der Waals surface area (Å²) in [5.74, 6) is 0. The molecule has 72 valence electrons. The third-order valence-corrected chi connectivity index (χ3v) is 5.87. The Balaban J connectivity index is 2.39. The van der Waals surface area contributed by atoms with Crippen LogP contribution in [0, 0.1) is 0 Å². The molecule has 1 nitrogen and oxygen atoms in total. The van der Waals surface area contributed by atoms with Crippen LogP contribution in [0.3, 0.4) is 0 Å². The minimum atomic E-state index is -0.836. The standard InChI is InChI=1S/C10H23NSi/c1-10(2,3)11-7-9(8-11)12(4,5)6/h9H,7-8H2,1-6H3. The molecule has 1 rings (SSSR count). The maximum Gasteiger partial charge on any atom is 0.0503 e. The number of hydrogen-bond acceptors (Lipinski definition) is 1. The number of likely N-dealkylation sites (tertiary alicyclic amines) is 1. The fourth-order valence-corrected chi connectivity index (χ4v) is 3.11. The minimum Gasteiger partial charge on any atom is -0.298 e. The number of hydrogen-bond donors (Lipinski definition) is 0. The van der Waals surface area contributed by atoms with Crippen molar-refractivity contribution in [2.75, 3.05) is 13.1 Å². The predicted octanol–water partition coefficient (Wildman–Crippen LogP) is 2.81. The second-order valence-corrected chi connectivity index (χ2v) is 11.7. The van der Waals surface area contributed by atoms with Crippen molar-refractivity contribution < 1.29 is 0 Å². The first-order chi connectivity index (χ1) is 5.21. The van der Waals surface area contributed by atoms with Crippen molar-refractivity contribution in [3.63, 3.8) is 0 Å². The smallest absolute Gasteiger partial charge is 0.0503 e.